The molecule has 0 aliphatic heterocycles. The molecule has 0 spiro atoms. The van der Waals surface area contributed by atoms with Crippen LogP contribution < -0.4 is 5.32 Å². The van der Waals surface area contributed by atoms with Crippen molar-refractivity contribution < 1.29 is 15.0 Å². The van der Waals surface area contributed by atoms with E-state index in [1.54, 1.807) is 0 Å². The Morgan fingerprint density at radius 2 is 1.94 bits per heavy atom. The van der Waals surface area contributed by atoms with Gasteiger partial charge in [0.1, 0.15) is 0 Å². The lowest BCUT2D eigenvalue weighted by Crippen LogP contribution is -2.35. The van der Waals surface area contributed by atoms with Gasteiger partial charge in [-0.2, -0.15) is 0 Å². The van der Waals surface area contributed by atoms with Gasteiger partial charge in [-0.25, -0.2) is 0 Å². The summed E-state index contributed by atoms with van der Waals surface area (Å²) < 4.78 is 0. The number of aliphatic carboxylic acids is 1. The minimum atomic E-state index is -0.774. The Morgan fingerprint density at radius 3 is 2.38 bits per heavy atom. The minimum absolute atomic E-state index is 0.116. The first kappa shape index (κ1) is 15.4. The number of aliphatic hydroxyl groups is 1. The average Bonchev–Trinajstić information content (AvgIpc) is 2.08. The van der Waals surface area contributed by atoms with Crippen molar-refractivity contribution in [1.82, 2.24) is 5.32 Å². The summed E-state index contributed by atoms with van der Waals surface area (Å²) in [6.45, 7) is 8.73. The van der Waals surface area contributed by atoms with E-state index < -0.39 is 5.97 Å². The molecule has 0 rings (SSSR count). The van der Waals surface area contributed by atoms with E-state index in [4.69, 9.17) is 5.11 Å². The maximum absolute atomic E-state index is 10.4. The number of nitrogens with one attached hydrogen (secondary N) is 1. The van der Waals surface area contributed by atoms with Crippen molar-refractivity contribution in [2.75, 3.05) is 6.54 Å². The molecule has 0 aromatic heterocycles. The highest BCUT2D eigenvalue weighted by atomic mass is 16.4. The Hall–Kier alpha value is -0.610. The molecule has 0 aromatic rings. The highest BCUT2D eigenvalue weighted by Crippen LogP contribution is 2.20. The van der Waals surface area contributed by atoms with Gasteiger partial charge in [-0.3, -0.25) is 4.79 Å². The Morgan fingerprint density at radius 1 is 1.38 bits per heavy atom. The lowest BCUT2D eigenvalue weighted by atomic mass is 9.89. The second-order valence-electron chi connectivity index (χ2n) is 5.66. The fourth-order valence-corrected chi connectivity index (χ4v) is 1.56. The molecule has 0 saturated heterocycles. The Labute approximate surface area is 98.1 Å². The van der Waals surface area contributed by atoms with Gasteiger partial charge >= 0.3 is 5.97 Å². The van der Waals surface area contributed by atoms with Crippen LogP contribution in [0.1, 0.15) is 47.0 Å². The van der Waals surface area contributed by atoms with Gasteiger partial charge in [0.15, 0.2) is 0 Å². The van der Waals surface area contributed by atoms with Crippen LogP contribution in [0, 0.1) is 5.41 Å². The monoisotopic (exact) mass is 231 g/mol. The average molecular weight is 231 g/mol. The quantitative estimate of drug-likeness (QED) is 0.623. The minimum Gasteiger partial charge on any atom is -0.481 e. The first-order valence-corrected chi connectivity index (χ1v) is 5.84. The van der Waals surface area contributed by atoms with Crippen LogP contribution in [0.3, 0.4) is 0 Å². The zero-order valence-electron chi connectivity index (χ0n) is 10.8. The zero-order chi connectivity index (χ0) is 12.8. The van der Waals surface area contributed by atoms with Gasteiger partial charge in [-0.15, -0.1) is 0 Å². The van der Waals surface area contributed by atoms with Crippen molar-refractivity contribution in [3.05, 3.63) is 0 Å². The standard InChI is InChI=1S/C12H25NO3/c1-9(5-6-11(15)16)13-8-10(14)7-12(2,3)4/h9-10,13-14H,5-8H2,1-4H3,(H,15,16). The smallest absolute Gasteiger partial charge is 0.303 e. The van der Waals surface area contributed by atoms with Gasteiger partial charge in [-0.05, 0) is 25.2 Å². The first-order chi connectivity index (χ1) is 7.20. The van der Waals surface area contributed by atoms with Crippen molar-refractivity contribution >= 4 is 5.97 Å². The lowest BCUT2D eigenvalue weighted by molar-refractivity contribution is -0.137. The summed E-state index contributed by atoms with van der Waals surface area (Å²) in [5, 5.41) is 21.4. The van der Waals surface area contributed by atoms with Crippen LogP contribution in [0.2, 0.25) is 0 Å². The van der Waals surface area contributed by atoms with E-state index in [9.17, 15) is 9.90 Å². The second kappa shape index (κ2) is 6.86. The summed E-state index contributed by atoms with van der Waals surface area (Å²) in [5.41, 5.74) is 0.116. The zero-order valence-corrected chi connectivity index (χ0v) is 10.8. The van der Waals surface area contributed by atoms with Crippen LogP contribution in [-0.2, 0) is 4.79 Å². The molecule has 4 nitrogen and oxygen atoms in total. The Bertz CT molecular complexity index is 211. The van der Waals surface area contributed by atoms with Crippen molar-refractivity contribution in [3.8, 4) is 0 Å². The molecule has 3 N–H and O–H groups in total. The number of hydrogen-bond donors (Lipinski definition) is 3. The fraction of sp³-hybridized carbons (Fsp3) is 0.917. The van der Waals surface area contributed by atoms with Gasteiger partial charge in [0.2, 0.25) is 0 Å². The number of rotatable bonds is 7. The van der Waals surface area contributed by atoms with Crippen molar-refractivity contribution in [2.24, 2.45) is 5.41 Å². The lowest BCUT2D eigenvalue weighted by Gasteiger charge is -2.23. The van der Waals surface area contributed by atoms with E-state index in [0.717, 1.165) is 6.42 Å². The summed E-state index contributed by atoms with van der Waals surface area (Å²) >= 11 is 0. The molecular weight excluding hydrogens is 206 g/mol. The topological polar surface area (TPSA) is 69.6 Å². The maximum atomic E-state index is 10.4. The van der Waals surface area contributed by atoms with Gasteiger partial charge in [0.25, 0.3) is 0 Å². The molecule has 0 saturated carbocycles. The maximum Gasteiger partial charge on any atom is 0.303 e. The fourth-order valence-electron chi connectivity index (χ4n) is 1.56. The van der Waals surface area contributed by atoms with Crippen LogP contribution in [0.5, 0.6) is 0 Å². The molecule has 96 valence electrons. The largest absolute Gasteiger partial charge is 0.481 e. The molecule has 0 bridgehead atoms. The third-order valence-corrected chi connectivity index (χ3v) is 2.34. The van der Waals surface area contributed by atoms with Crippen molar-refractivity contribution in [3.63, 3.8) is 0 Å². The number of aliphatic hydroxyl groups excluding tert-OH is 1. The van der Waals surface area contributed by atoms with E-state index in [0.29, 0.717) is 13.0 Å². The summed E-state index contributed by atoms with van der Waals surface area (Å²) in [5.74, 6) is -0.774. The third kappa shape index (κ3) is 9.93. The molecule has 0 heterocycles. The van der Waals surface area contributed by atoms with Gasteiger partial charge in [0, 0.05) is 19.0 Å². The normalized spacial score (nSPS) is 15.8. The molecule has 2 atom stereocenters. The van der Waals surface area contributed by atoms with Gasteiger partial charge in [0.05, 0.1) is 6.10 Å². The van der Waals surface area contributed by atoms with E-state index in [1.165, 1.54) is 0 Å². The number of carboxylic acid groups (broad SMARTS) is 1. The summed E-state index contributed by atoms with van der Waals surface area (Å²) in [4.78, 5) is 10.4. The number of carbonyl (C=O) groups is 1. The van der Waals surface area contributed by atoms with Crippen LogP contribution in [0.25, 0.3) is 0 Å². The number of carboxylic acids is 1. The molecule has 0 aliphatic carbocycles. The van der Waals surface area contributed by atoms with Crippen molar-refractivity contribution in [2.45, 2.75) is 59.1 Å². The number of hydrogen-bond acceptors (Lipinski definition) is 3. The Kier molecular flexibility index (Phi) is 6.60. The second-order valence-corrected chi connectivity index (χ2v) is 5.66. The van der Waals surface area contributed by atoms with Crippen LogP contribution in [-0.4, -0.2) is 34.9 Å². The molecular formula is C12H25NO3. The molecule has 4 heteroatoms. The molecule has 16 heavy (non-hydrogen) atoms. The van der Waals surface area contributed by atoms with E-state index in [1.807, 2.05) is 6.92 Å². The van der Waals surface area contributed by atoms with Crippen LogP contribution in [0.4, 0.5) is 0 Å². The van der Waals surface area contributed by atoms with E-state index >= 15 is 0 Å². The SMILES string of the molecule is CC(CCC(=O)O)NCC(O)CC(C)(C)C. The van der Waals surface area contributed by atoms with Gasteiger partial charge < -0.3 is 15.5 Å². The summed E-state index contributed by atoms with van der Waals surface area (Å²) in [7, 11) is 0. The molecule has 0 fully saturated rings. The summed E-state index contributed by atoms with van der Waals surface area (Å²) in [6.07, 6.45) is 1.14. The Balaban J connectivity index is 3.66. The molecule has 0 aromatic carbocycles. The third-order valence-electron chi connectivity index (χ3n) is 2.34. The van der Waals surface area contributed by atoms with Crippen LogP contribution >= 0.6 is 0 Å². The summed E-state index contributed by atoms with van der Waals surface area (Å²) in [6, 6.07) is 0.130. The predicted octanol–water partition coefficient (Wildman–Crippen LogP) is 1.63. The molecule has 0 radical (unpaired) electrons. The van der Waals surface area contributed by atoms with Gasteiger partial charge in [-0.1, -0.05) is 20.8 Å². The van der Waals surface area contributed by atoms with Crippen LogP contribution in [0.15, 0.2) is 0 Å². The molecule has 0 amide bonds. The molecule has 2 unspecified atom stereocenters. The van der Waals surface area contributed by atoms with Crippen molar-refractivity contribution in [1.29, 1.82) is 0 Å². The van der Waals surface area contributed by atoms with E-state index in [-0.39, 0.29) is 24.0 Å². The first-order valence-electron chi connectivity index (χ1n) is 5.84. The van der Waals surface area contributed by atoms with E-state index in [2.05, 4.69) is 26.1 Å². The highest BCUT2D eigenvalue weighted by molar-refractivity contribution is 5.66. The molecule has 0 aliphatic rings. The highest BCUT2D eigenvalue weighted by Gasteiger charge is 2.17. The predicted molar refractivity (Wildman–Crippen MR) is 64.4 cm³/mol.